The Labute approximate surface area is 286 Å². The molecule has 0 radical (unpaired) electrons. The second-order valence-electron chi connectivity index (χ2n) is 12.8. The van der Waals surface area contributed by atoms with Crippen LogP contribution in [-0.2, 0) is 35.5 Å². The van der Waals surface area contributed by atoms with Crippen molar-refractivity contribution in [2.75, 3.05) is 63.2 Å². The summed E-state index contributed by atoms with van der Waals surface area (Å²) < 4.78 is 0. The molecule has 266 valence electrons. The van der Waals surface area contributed by atoms with Crippen molar-refractivity contribution in [3.05, 3.63) is 76.1 Å². The van der Waals surface area contributed by atoms with Gasteiger partial charge >= 0.3 is 0 Å². The highest BCUT2D eigenvalue weighted by Crippen LogP contribution is 2.32. The number of aliphatic hydroxyl groups is 4. The monoisotopic (exact) mass is 679 g/mol. The number of pyridine rings is 1. The molecular formula is C36H49N5O8. The molecule has 0 spiro atoms. The molecule has 1 aliphatic heterocycles. The average molecular weight is 680 g/mol. The number of amides is 2. The van der Waals surface area contributed by atoms with E-state index in [0.717, 1.165) is 28.9 Å². The molecule has 13 nitrogen and oxygen atoms in total. The summed E-state index contributed by atoms with van der Waals surface area (Å²) in [5, 5.41) is 65.3. The fourth-order valence-electron chi connectivity index (χ4n) is 5.95. The molecule has 8 N–H and O–H groups in total. The Morgan fingerprint density at radius 1 is 0.694 bits per heavy atom. The number of benzene rings is 2. The number of nitrogens with one attached hydrogen (secondary N) is 2. The van der Waals surface area contributed by atoms with E-state index >= 15 is 0 Å². The lowest BCUT2D eigenvalue weighted by Crippen LogP contribution is -2.33. The lowest BCUT2D eigenvalue weighted by Gasteiger charge is -2.28. The number of phenolic OH excluding ortho intramolecular Hbond substituents is 2. The number of nitrogens with zero attached hydrogens (tertiary/aromatic N) is 3. The first-order chi connectivity index (χ1) is 23.5. The van der Waals surface area contributed by atoms with E-state index < -0.39 is 50.1 Å². The van der Waals surface area contributed by atoms with Crippen LogP contribution in [0.4, 0.5) is 11.4 Å². The van der Waals surface area contributed by atoms with Gasteiger partial charge in [0, 0.05) is 61.5 Å². The first kappa shape index (κ1) is 37.7. The third kappa shape index (κ3) is 10.4. The van der Waals surface area contributed by atoms with Gasteiger partial charge in [-0.15, -0.1) is 0 Å². The second-order valence-corrected chi connectivity index (χ2v) is 12.8. The summed E-state index contributed by atoms with van der Waals surface area (Å²) in [5.41, 5.74) is 5.28. The van der Waals surface area contributed by atoms with Crippen molar-refractivity contribution in [1.29, 1.82) is 0 Å². The number of phenols is 2. The van der Waals surface area contributed by atoms with Gasteiger partial charge < -0.3 is 41.3 Å². The molecule has 0 aliphatic carbocycles. The van der Waals surface area contributed by atoms with Crippen LogP contribution in [-0.4, -0.2) is 110 Å². The van der Waals surface area contributed by atoms with Crippen LogP contribution in [0, 0.1) is 25.7 Å². The SMILES string of the molecule is Cc1cc(CN2CCCN(Cc3cc(C)cc(NC(=O)C(CO)CO)c3O)CCc3cccc(n3)CC2)c(O)c(NC(=O)C(CO)CO)c1. The van der Waals surface area contributed by atoms with E-state index in [2.05, 4.69) is 20.4 Å². The molecule has 1 aromatic heterocycles. The van der Waals surface area contributed by atoms with Crippen LogP contribution in [0.2, 0.25) is 0 Å². The summed E-state index contributed by atoms with van der Waals surface area (Å²) in [5.74, 6) is -3.29. The summed E-state index contributed by atoms with van der Waals surface area (Å²) in [6.07, 6.45) is 2.19. The summed E-state index contributed by atoms with van der Waals surface area (Å²) >= 11 is 0. The maximum Gasteiger partial charge on any atom is 0.232 e. The number of aryl methyl sites for hydroxylation is 2. The minimum Gasteiger partial charge on any atom is -0.505 e. The third-order valence-electron chi connectivity index (χ3n) is 8.77. The lowest BCUT2D eigenvalue weighted by atomic mass is 10.1. The maximum absolute atomic E-state index is 12.5. The molecule has 13 heteroatoms. The topological polar surface area (TPSA) is 199 Å². The van der Waals surface area contributed by atoms with Crippen molar-refractivity contribution in [2.24, 2.45) is 11.8 Å². The standard InChI is InChI=1S/C36H49N5O8/c1-23-13-25(33(46)31(15-23)38-35(48)27(19-42)20-43)17-40-9-4-10-41(12-8-30-6-3-5-29(37-30)7-11-40)18-26-14-24(2)16-32(34(26)47)39-36(49)28(21-44)22-45/h3,5-6,13-16,27-28,42-47H,4,7-12,17-22H2,1-2H3,(H,38,48)(H,39,49). The van der Waals surface area contributed by atoms with Gasteiger partial charge in [0.1, 0.15) is 11.5 Å². The van der Waals surface area contributed by atoms with E-state index in [4.69, 9.17) is 4.98 Å². The van der Waals surface area contributed by atoms with Crippen LogP contribution in [0.15, 0.2) is 42.5 Å². The van der Waals surface area contributed by atoms with Crippen LogP contribution in [0.1, 0.15) is 40.1 Å². The van der Waals surface area contributed by atoms with Gasteiger partial charge in [-0.2, -0.15) is 0 Å². The van der Waals surface area contributed by atoms with Crippen LogP contribution < -0.4 is 10.6 Å². The van der Waals surface area contributed by atoms with E-state index in [-0.39, 0.29) is 22.9 Å². The molecule has 49 heavy (non-hydrogen) atoms. The highest BCUT2D eigenvalue weighted by Gasteiger charge is 2.22. The summed E-state index contributed by atoms with van der Waals surface area (Å²) in [7, 11) is 0. The minimum atomic E-state index is -0.999. The predicted molar refractivity (Wildman–Crippen MR) is 185 cm³/mol. The molecule has 2 amide bonds. The van der Waals surface area contributed by atoms with Gasteiger partial charge in [0.2, 0.25) is 11.8 Å². The number of hydrogen-bond donors (Lipinski definition) is 8. The van der Waals surface area contributed by atoms with Gasteiger partial charge in [0.15, 0.2) is 0 Å². The normalized spacial score (nSPS) is 14.8. The molecule has 0 atom stereocenters. The highest BCUT2D eigenvalue weighted by atomic mass is 16.3. The summed E-state index contributed by atoms with van der Waals surface area (Å²) in [4.78, 5) is 34.4. The van der Waals surface area contributed by atoms with Crippen molar-refractivity contribution in [2.45, 2.75) is 46.2 Å². The molecule has 1 aliphatic rings. The number of carbonyl (C=O) groups excluding carboxylic acids is 2. The maximum atomic E-state index is 12.5. The first-order valence-corrected chi connectivity index (χ1v) is 16.6. The molecule has 0 unspecified atom stereocenters. The quantitative estimate of drug-likeness (QED) is 0.130. The van der Waals surface area contributed by atoms with E-state index in [1.807, 2.05) is 44.2 Å². The fourth-order valence-corrected chi connectivity index (χ4v) is 5.95. The van der Waals surface area contributed by atoms with Crippen molar-refractivity contribution in [3.63, 3.8) is 0 Å². The average Bonchev–Trinajstić information content (AvgIpc) is 3.07. The largest absolute Gasteiger partial charge is 0.505 e. The fraction of sp³-hybridized carbons (Fsp3) is 0.472. The Hall–Kier alpha value is -4.11. The Morgan fingerprint density at radius 3 is 1.49 bits per heavy atom. The first-order valence-electron chi connectivity index (χ1n) is 16.6. The third-order valence-corrected chi connectivity index (χ3v) is 8.77. The molecule has 0 fully saturated rings. The van der Waals surface area contributed by atoms with Crippen LogP contribution in [0.5, 0.6) is 11.5 Å². The Kier molecular flexibility index (Phi) is 13.9. The number of carbonyl (C=O) groups is 2. The molecule has 0 saturated carbocycles. The van der Waals surface area contributed by atoms with Gasteiger partial charge in [0.05, 0.1) is 49.6 Å². The molecule has 0 saturated heterocycles. The second kappa shape index (κ2) is 18.0. The highest BCUT2D eigenvalue weighted by molar-refractivity contribution is 5.95. The van der Waals surface area contributed by atoms with Crippen molar-refractivity contribution in [3.8, 4) is 11.5 Å². The van der Waals surface area contributed by atoms with E-state index in [1.54, 1.807) is 12.1 Å². The predicted octanol–water partition coefficient (Wildman–Crippen LogP) is 1.68. The zero-order valence-electron chi connectivity index (χ0n) is 28.2. The zero-order chi connectivity index (χ0) is 35.5. The number of hydrogen-bond acceptors (Lipinski definition) is 11. The number of anilines is 2. The minimum absolute atomic E-state index is 0.0661. The van der Waals surface area contributed by atoms with Crippen molar-refractivity contribution < 1.29 is 40.2 Å². The Balaban J connectivity index is 1.54. The van der Waals surface area contributed by atoms with Gasteiger partial charge in [-0.25, -0.2) is 0 Å². The number of rotatable bonds is 12. The number of aliphatic hydroxyl groups excluding tert-OH is 4. The molecular weight excluding hydrogens is 630 g/mol. The number of aromatic nitrogens is 1. The van der Waals surface area contributed by atoms with Crippen LogP contribution in [0.25, 0.3) is 0 Å². The number of fused-ring (bicyclic) bond motifs is 2. The van der Waals surface area contributed by atoms with Gasteiger partial charge in [-0.1, -0.05) is 18.2 Å². The van der Waals surface area contributed by atoms with E-state index in [9.17, 15) is 40.2 Å². The Bertz CT molecular complexity index is 1470. The molecule has 4 rings (SSSR count). The van der Waals surface area contributed by atoms with Gasteiger partial charge in [-0.05, 0) is 68.8 Å². The van der Waals surface area contributed by atoms with Crippen molar-refractivity contribution in [1.82, 2.24) is 14.8 Å². The summed E-state index contributed by atoms with van der Waals surface area (Å²) in [6, 6.07) is 13.1. The van der Waals surface area contributed by atoms with E-state index in [1.165, 1.54) is 0 Å². The summed E-state index contributed by atoms with van der Waals surface area (Å²) in [6.45, 7) is 5.21. The lowest BCUT2D eigenvalue weighted by molar-refractivity contribution is -0.123. The molecule has 3 aromatic rings. The molecule has 2 bridgehead atoms. The van der Waals surface area contributed by atoms with Crippen LogP contribution in [0.3, 0.4) is 0 Å². The van der Waals surface area contributed by atoms with Crippen molar-refractivity contribution >= 4 is 23.2 Å². The molecule has 2 aromatic carbocycles. The van der Waals surface area contributed by atoms with Gasteiger partial charge in [-0.3, -0.25) is 24.4 Å². The van der Waals surface area contributed by atoms with Gasteiger partial charge in [0.25, 0.3) is 0 Å². The van der Waals surface area contributed by atoms with Crippen LogP contribution >= 0.6 is 0 Å². The smallest absolute Gasteiger partial charge is 0.232 e. The Morgan fingerprint density at radius 2 is 1.10 bits per heavy atom. The zero-order valence-corrected chi connectivity index (χ0v) is 28.2. The molecule has 2 heterocycles. The van der Waals surface area contributed by atoms with E-state index in [0.29, 0.717) is 63.2 Å². The number of aromatic hydroxyl groups is 2.